The molecule has 1 heterocycles. The number of hydrogen-bond donors (Lipinski definition) is 0. The van der Waals surface area contributed by atoms with Gasteiger partial charge in [0, 0.05) is 42.5 Å². The number of rotatable bonds is 11. The number of aryl methyl sites for hydroxylation is 1. The normalized spacial score (nSPS) is 15.1. The van der Waals surface area contributed by atoms with E-state index in [0.29, 0.717) is 6.61 Å². The van der Waals surface area contributed by atoms with Gasteiger partial charge in [0.2, 0.25) is 0 Å². The van der Waals surface area contributed by atoms with Gasteiger partial charge < -0.3 is 9.64 Å². The molecule has 4 heteroatoms. The fourth-order valence-electron chi connectivity index (χ4n) is 4.10. The van der Waals surface area contributed by atoms with Crippen molar-refractivity contribution in [2.75, 3.05) is 45.9 Å². The molecular weight excluding hydrogens is 412 g/mol. The lowest BCUT2D eigenvalue weighted by Gasteiger charge is -2.34. The molecule has 0 atom stereocenters. The van der Waals surface area contributed by atoms with Crippen LogP contribution in [-0.4, -0.2) is 55.7 Å². The van der Waals surface area contributed by atoms with E-state index in [2.05, 4.69) is 94.7 Å². The molecule has 1 saturated heterocycles. The van der Waals surface area contributed by atoms with Crippen molar-refractivity contribution in [3.63, 3.8) is 0 Å². The molecule has 32 heavy (non-hydrogen) atoms. The highest BCUT2D eigenvalue weighted by Crippen LogP contribution is 2.30. The topological polar surface area (TPSA) is 15.7 Å². The van der Waals surface area contributed by atoms with Gasteiger partial charge in [-0.25, -0.2) is 0 Å². The second kappa shape index (κ2) is 12.8. The maximum absolute atomic E-state index is 6.07. The first-order valence-corrected chi connectivity index (χ1v) is 12.6. The maximum atomic E-state index is 6.07. The molecule has 4 rings (SSSR count). The van der Waals surface area contributed by atoms with E-state index in [1.165, 1.54) is 53.4 Å². The highest BCUT2D eigenvalue weighted by atomic mass is 32.2. The molecule has 1 aliphatic heterocycles. The number of benzene rings is 3. The molecule has 0 saturated carbocycles. The fraction of sp³-hybridized carbons (Fsp3) is 0.357. The predicted molar refractivity (Wildman–Crippen MR) is 134 cm³/mol. The average molecular weight is 447 g/mol. The number of ether oxygens (including phenoxy) is 1. The third kappa shape index (κ3) is 7.49. The van der Waals surface area contributed by atoms with E-state index in [9.17, 15) is 0 Å². The van der Waals surface area contributed by atoms with E-state index in [1.54, 1.807) is 0 Å². The molecule has 0 unspecified atom stereocenters. The molecule has 168 valence electrons. The van der Waals surface area contributed by atoms with E-state index >= 15 is 0 Å². The van der Waals surface area contributed by atoms with Crippen molar-refractivity contribution in [1.29, 1.82) is 0 Å². The van der Waals surface area contributed by atoms with Gasteiger partial charge in [0.15, 0.2) is 0 Å². The SMILES string of the molecule is c1ccc(CCCN2CCN(CCOCc3ccccc3Sc3ccccc3)CC2)cc1. The second-order valence-corrected chi connectivity index (χ2v) is 9.46. The molecule has 0 amide bonds. The summed E-state index contributed by atoms with van der Waals surface area (Å²) in [6, 6.07) is 30.0. The van der Waals surface area contributed by atoms with Crippen LogP contribution in [0.5, 0.6) is 0 Å². The van der Waals surface area contributed by atoms with Gasteiger partial charge in [-0.1, -0.05) is 78.5 Å². The van der Waals surface area contributed by atoms with Crippen molar-refractivity contribution < 1.29 is 4.74 Å². The van der Waals surface area contributed by atoms with E-state index in [-0.39, 0.29) is 0 Å². The lowest BCUT2D eigenvalue weighted by Crippen LogP contribution is -2.47. The van der Waals surface area contributed by atoms with Crippen molar-refractivity contribution in [3.05, 3.63) is 96.1 Å². The summed E-state index contributed by atoms with van der Waals surface area (Å²) in [6.07, 6.45) is 2.42. The van der Waals surface area contributed by atoms with Gasteiger partial charge >= 0.3 is 0 Å². The van der Waals surface area contributed by atoms with Gasteiger partial charge in [0.25, 0.3) is 0 Å². The zero-order valence-electron chi connectivity index (χ0n) is 18.9. The van der Waals surface area contributed by atoms with Crippen LogP contribution in [0, 0.1) is 0 Å². The number of piperazine rings is 1. The third-order valence-electron chi connectivity index (χ3n) is 6.00. The summed E-state index contributed by atoms with van der Waals surface area (Å²) < 4.78 is 6.07. The van der Waals surface area contributed by atoms with Crippen LogP contribution in [0.15, 0.2) is 94.7 Å². The quantitative estimate of drug-likeness (QED) is 0.356. The molecule has 1 fully saturated rings. The van der Waals surface area contributed by atoms with Crippen molar-refractivity contribution in [3.8, 4) is 0 Å². The Morgan fingerprint density at radius 3 is 2.06 bits per heavy atom. The Morgan fingerprint density at radius 2 is 1.31 bits per heavy atom. The van der Waals surface area contributed by atoms with Crippen molar-refractivity contribution in [2.24, 2.45) is 0 Å². The first kappa shape index (κ1) is 23.1. The third-order valence-corrected chi connectivity index (χ3v) is 7.13. The Bertz CT molecular complexity index is 911. The van der Waals surface area contributed by atoms with E-state index in [1.807, 2.05) is 11.8 Å². The summed E-state index contributed by atoms with van der Waals surface area (Å²) in [6.45, 7) is 8.33. The van der Waals surface area contributed by atoms with E-state index in [4.69, 9.17) is 4.74 Å². The number of hydrogen-bond acceptors (Lipinski definition) is 4. The van der Waals surface area contributed by atoms with Crippen LogP contribution in [-0.2, 0) is 17.8 Å². The van der Waals surface area contributed by atoms with E-state index in [0.717, 1.165) is 26.2 Å². The van der Waals surface area contributed by atoms with Gasteiger partial charge in [0.05, 0.1) is 13.2 Å². The summed E-state index contributed by atoms with van der Waals surface area (Å²) in [7, 11) is 0. The molecule has 0 aliphatic carbocycles. The van der Waals surface area contributed by atoms with Crippen LogP contribution in [0.3, 0.4) is 0 Å². The Labute approximate surface area is 197 Å². The monoisotopic (exact) mass is 446 g/mol. The molecule has 0 N–H and O–H groups in total. The van der Waals surface area contributed by atoms with Crippen molar-refractivity contribution >= 4 is 11.8 Å². The Hall–Kier alpha value is -2.11. The molecule has 0 radical (unpaired) electrons. The molecule has 3 aromatic carbocycles. The van der Waals surface area contributed by atoms with Crippen molar-refractivity contribution in [2.45, 2.75) is 29.2 Å². The van der Waals surface area contributed by atoms with E-state index < -0.39 is 0 Å². The van der Waals surface area contributed by atoms with Crippen LogP contribution in [0.4, 0.5) is 0 Å². The van der Waals surface area contributed by atoms with Gasteiger partial charge in [-0.15, -0.1) is 0 Å². The summed E-state index contributed by atoms with van der Waals surface area (Å²) in [5.41, 5.74) is 2.72. The molecular formula is C28H34N2OS. The highest BCUT2D eigenvalue weighted by molar-refractivity contribution is 7.99. The van der Waals surface area contributed by atoms with Crippen LogP contribution in [0.1, 0.15) is 17.5 Å². The zero-order chi connectivity index (χ0) is 21.8. The largest absolute Gasteiger partial charge is 0.375 e. The minimum atomic E-state index is 0.676. The molecule has 3 aromatic rings. The van der Waals surface area contributed by atoms with Gasteiger partial charge in [-0.2, -0.15) is 0 Å². The molecule has 0 aromatic heterocycles. The predicted octanol–water partition coefficient (Wildman–Crippen LogP) is 5.60. The molecule has 0 bridgehead atoms. The first-order chi connectivity index (χ1) is 15.9. The molecule has 0 spiro atoms. The summed E-state index contributed by atoms with van der Waals surface area (Å²) in [4.78, 5) is 7.69. The first-order valence-electron chi connectivity index (χ1n) is 11.7. The lowest BCUT2D eigenvalue weighted by molar-refractivity contribution is 0.0675. The summed E-state index contributed by atoms with van der Waals surface area (Å²) in [5.74, 6) is 0. The van der Waals surface area contributed by atoms with Gasteiger partial charge in [-0.05, 0) is 48.7 Å². The number of nitrogens with zero attached hydrogens (tertiary/aromatic N) is 2. The highest BCUT2D eigenvalue weighted by Gasteiger charge is 2.16. The van der Waals surface area contributed by atoms with Crippen LogP contribution < -0.4 is 0 Å². The smallest absolute Gasteiger partial charge is 0.0728 e. The Kier molecular flexibility index (Phi) is 9.23. The van der Waals surface area contributed by atoms with Crippen LogP contribution in [0.2, 0.25) is 0 Å². The minimum Gasteiger partial charge on any atom is -0.375 e. The second-order valence-electron chi connectivity index (χ2n) is 8.35. The average Bonchev–Trinajstić information content (AvgIpc) is 2.85. The van der Waals surface area contributed by atoms with Crippen LogP contribution >= 0.6 is 11.8 Å². The summed E-state index contributed by atoms with van der Waals surface area (Å²) in [5, 5.41) is 0. The molecule has 1 aliphatic rings. The lowest BCUT2D eigenvalue weighted by atomic mass is 10.1. The zero-order valence-corrected chi connectivity index (χ0v) is 19.7. The maximum Gasteiger partial charge on any atom is 0.0728 e. The standard InChI is InChI=1S/C28H34N2OS/c1-3-10-25(11-4-1)12-9-17-29-18-20-30(21-19-29)22-23-31-24-26-13-7-8-16-28(26)32-27-14-5-2-6-15-27/h1-8,10-11,13-16H,9,12,17-24H2. The Morgan fingerprint density at radius 1 is 0.688 bits per heavy atom. The minimum absolute atomic E-state index is 0.676. The summed E-state index contributed by atoms with van der Waals surface area (Å²) >= 11 is 1.81. The van der Waals surface area contributed by atoms with Gasteiger partial charge in [-0.3, -0.25) is 4.90 Å². The van der Waals surface area contributed by atoms with Gasteiger partial charge in [0.1, 0.15) is 0 Å². The fourth-order valence-corrected chi connectivity index (χ4v) is 5.05. The molecule has 3 nitrogen and oxygen atoms in total. The van der Waals surface area contributed by atoms with Crippen molar-refractivity contribution in [1.82, 2.24) is 9.80 Å². The van der Waals surface area contributed by atoms with Crippen LogP contribution in [0.25, 0.3) is 0 Å². The Balaban J connectivity index is 1.12.